The smallest absolute Gasteiger partial charge is 0.217 e. The van der Waals surface area contributed by atoms with E-state index in [9.17, 15) is 5.11 Å². The molecule has 2 rings (SSSR count). The van der Waals surface area contributed by atoms with E-state index in [2.05, 4.69) is 18.1 Å². The van der Waals surface area contributed by atoms with Crippen LogP contribution in [-0.4, -0.2) is 14.9 Å². The van der Waals surface area contributed by atoms with Gasteiger partial charge in [-0.3, -0.25) is 0 Å². The van der Waals surface area contributed by atoms with E-state index in [0.717, 1.165) is 5.56 Å². The van der Waals surface area contributed by atoms with Crippen molar-refractivity contribution < 1.29 is 5.11 Å². The minimum absolute atomic E-state index is 0.137. The van der Waals surface area contributed by atoms with Gasteiger partial charge < -0.3 is 5.11 Å². The molecule has 17 heavy (non-hydrogen) atoms. The highest BCUT2D eigenvalue weighted by molar-refractivity contribution is 5.68. The van der Waals surface area contributed by atoms with Gasteiger partial charge in [0.2, 0.25) is 5.88 Å². The van der Waals surface area contributed by atoms with Crippen LogP contribution in [0.4, 0.5) is 0 Å². The Hall–Kier alpha value is -2.28. The van der Waals surface area contributed by atoms with Gasteiger partial charge in [-0.25, -0.2) is 4.68 Å². The molecule has 0 saturated heterocycles. The summed E-state index contributed by atoms with van der Waals surface area (Å²) in [6.45, 7) is 4.30. The Morgan fingerprint density at radius 2 is 2.06 bits per heavy atom. The predicted octanol–water partition coefficient (Wildman–Crippen LogP) is 2.35. The Morgan fingerprint density at radius 3 is 2.65 bits per heavy atom. The molecule has 1 aromatic carbocycles. The molecule has 1 heterocycles. The van der Waals surface area contributed by atoms with Gasteiger partial charge >= 0.3 is 0 Å². The molecule has 0 aliphatic carbocycles. The second kappa shape index (κ2) is 4.71. The van der Waals surface area contributed by atoms with Crippen LogP contribution in [0.1, 0.15) is 12.0 Å². The van der Waals surface area contributed by atoms with Crippen LogP contribution in [0, 0.1) is 18.3 Å². The number of hydrogen-bond acceptors (Lipinski definition) is 3. The van der Waals surface area contributed by atoms with Crippen molar-refractivity contribution >= 4 is 0 Å². The zero-order chi connectivity index (χ0) is 12.3. The highest BCUT2D eigenvalue weighted by Crippen LogP contribution is 2.28. The molecule has 1 radical (unpaired) electrons. The van der Waals surface area contributed by atoms with Crippen LogP contribution in [0.25, 0.3) is 11.1 Å². The fourth-order valence-electron chi connectivity index (χ4n) is 1.62. The summed E-state index contributed by atoms with van der Waals surface area (Å²) in [6.07, 6.45) is 2.29. The topological polar surface area (TPSA) is 61.8 Å². The van der Waals surface area contributed by atoms with Crippen LogP contribution in [0.2, 0.25) is 0 Å². The summed E-state index contributed by atoms with van der Waals surface area (Å²) in [7, 11) is 0. The highest BCUT2D eigenvalue weighted by atomic mass is 16.3. The first kappa shape index (κ1) is 11.2. The number of rotatable bonds is 3. The normalized spacial score (nSPS) is 10.1. The second-order valence-electron chi connectivity index (χ2n) is 3.65. The maximum atomic E-state index is 9.95. The lowest BCUT2D eigenvalue weighted by atomic mass is 10.1. The van der Waals surface area contributed by atoms with E-state index in [-0.39, 0.29) is 5.88 Å². The van der Waals surface area contributed by atoms with Crippen LogP contribution in [0.5, 0.6) is 5.88 Å². The minimum atomic E-state index is 0.137. The van der Waals surface area contributed by atoms with E-state index in [1.807, 2.05) is 0 Å². The number of benzene rings is 1. The minimum Gasteiger partial charge on any atom is -0.493 e. The van der Waals surface area contributed by atoms with E-state index in [4.69, 9.17) is 5.26 Å². The Kier molecular flexibility index (Phi) is 3.10. The maximum Gasteiger partial charge on any atom is 0.217 e. The van der Waals surface area contributed by atoms with Gasteiger partial charge in [0.25, 0.3) is 0 Å². The molecular formula is C13H12N3O. The highest BCUT2D eigenvalue weighted by Gasteiger charge is 2.10. The van der Waals surface area contributed by atoms with E-state index >= 15 is 0 Å². The molecule has 0 spiro atoms. The average Bonchev–Trinajstić information content (AvgIpc) is 2.72. The maximum absolute atomic E-state index is 9.95. The fourth-order valence-corrected chi connectivity index (χ4v) is 1.62. The molecule has 1 N–H and O–H groups in total. The fraction of sp³-hybridized carbons (Fsp3) is 0.154. The van der Waals surface area contributed by atoms with Crippen molar-refractivity contribution in [3.8, 4) is 23.1 Å². The van der Waals surface area contributed by atoms with E-state index in [0.29, 0.717) is 24.1 Å². The summed E-state index contributed by atoms with van der Waals surface area (Å²) in [4.78, 5) is 0. The largest absolute Gasteiger partial charge is 0.493 e. The number of nitriles is 1. The van der Waals surface area contributed by atoms with Crippen molar-refractivity contribution in [1.82, 2.24) is 9.78 Å². The van der Waals surface area contributed by atoms with Crippen LogP contribution in [-0.2, 0) is 6.54 Å². The number of hydrogen-bond donors (Lipinski definition) is 1. The second-order valence-corrected chi connectivity index (χ2v) is 3.65. The Morgan fingerprint density at radius 1 is 1.35 bits per heavy atom. The first-order chi connectivity index (χ1) is 8.26. The molecule has 4 nitrogen and oxygen atoms in total. The van der Waals surface area contributed by atoms with Gasteiger partial charge in [-0.1, -0.05) is 19.1 Å². The lowest BCUT2D eigenvalue weighted by Gasteiger charge is -2.02. The van der Waals surface area contributed by atoms with Crippen molar-refractivity contribution in [2.45, 2.75) is 13.0 Å². The third kappa shape index (κ3) is 2.13. The third-order valence-electron chi connectivity index (χ3n) is 2.51. The van der Waals surface area contributed by atoms with Crippen LogP contribution in [0.3, 0.4) is 0 Å². The Balaban J connectivity index is 2.36. The van der Waals surface area contributed by atoms with Gasteiger partial charge in [0, 0.05) is 6.54 Å². The number of nitrogens with zero attached hydrogens (tertiary/aromatic N) is 3. The lowest BCUT2D eigenvalue weighted by Crippen LogP contribution is -1.97. The van der Waals surface area contributed by atoms with Crippen molar-refractivity contribution in [3.63, 3.8) is 0 Å². The van der Waals surface area contributed by atoms with Crippen LogP contribution >= 0.6 is 0 Å². The molecule has 0 aliphatic rings. The predicted molar refractivity (Wildman–Crippen MR) is 64.0 cm³/mol. The van der Waals surface area contributed by atoms with Gasteiger partial charge in [-0.05, 0) is 24.1 Å². The van der Waals surface area contributed by atoms with Crippen LogP contribution in [0.15, 0.2) is 30.5 Å². The van der Waals surface area contributed by atoms with Crippen LogP contribution < -0.4 is 0 Å². The van der Waals surface area contributed by atoms with Gasteiger partial charge in [0.1, 0.15) is 0 Å². The zero-order valence-corrected chi connectivity index (χ0v) is 9.30. The molecule has 0 saturated carbocycles. The van der Waals surface area contributed by atoms with Crippen molar-refractivity contribution in [2.24, 2.45) is 0 Å². The molecule has 0 unspecified atom stereocenters. The molecule has 1 aromatic heterocycles. The number of aromatic hydroxyl groups is 1. The van der Waals surface area contributed by atoms with E-state index in [1.54, 1.807) is 30.5 Å². The molecule has 0 bridgehead atoms. The number of aromatic nitrogens is 2. The summed E-state index contributed by atoms with van der Waals surface area (Å²) in [5, 5.41) is 22.7. The summed E-state index contributed by atoms with van der Waals surface area (Å²) < 4.78 is 1.51. The average molecular weight is 226 g/mol. The zero-order valence-electron chi connectivity index (χ0n) is 9.30. The van der Waals surface area contributed by atoms with Gasteiger partial charge in [0.05, 0.1) is 23.4 Å². The molecule has 0 aliphatic heterocycles. The third-order valence-corrected chi connectivity index (χ3v) is 2.51. The molecule has 0 amide bonds. The van der Waals surface area contributed by atoms with Gasteiger partial charge in [-0.2, -0.15) is 10.4 Å². The quantitative estimate of drug-likeness (QED) is 0.873. The van der Waals surface area contributed by atoms with E-state index in [1.165, 1.54) is 4.68 Å². The van der Waals surface area contributed by atoms with Crippen molar-refractivity contribution in [1.29, 1.82) is 5.26 Å². The number of aryl methyl sites for hydroxylation is 1. The van der Waals surface area contributed by atoms with Crippen molar-refractivity contribution in [3.05, 3.63) is 42.9 Å². The monoisotopic (exact) mass is 226 g/mol. The molecular weight excluding hydrogens is 214 g/mol. The Labute approximate surface area is 99.7 Å². The molecule has 0 atom stereocenters. The molecule has 2 aromatic rings. The Bertz CT molecular complexity index is 549. The lowest BCUT2D eigenvalue weighted by molar-refractivity contribution is 0.401. The van der Waals surface area contributed by atoms with Gasteiger partial charge in [0.15, 0.2) is 0 Å². The molecule has 4 heteroatoms. The summed E-state index contributed by atoms with van der Waals surface area (Å²) in [5.41, 5.74) is 2.11. The summed E-state index contributed by atoms with van der Waals surface area (Å²) in [6, 6.07) is 9.08. The first-order valence-electron chi connectivity index (χ1n) is 5.31. The molecule has 0 fully saturated rings. The summed E-state index contributed by atoms with van der Waals surface area (Å²) in [5.74, 6) is 0.137. The summed E-state index contributed by atoms with van der Waals surface area (Å²) >= 11 is 0. The van der Waals surface area contributed by atoms with Crippen molar-refractivity contribution in [2.75, 3.05) is 0 Å². The standard InChI is InChI=1S/C13H12N3O/c1-2-7-16-13(17)12(9-15-16)11-5-3-10(8-14)4-6-11/h3-6,9,17H,1-2,7H2. The first-order valence-corrected chi connectivity index (χ1v) is 5.31. The SMILES string of the molecule is [CH2]CCn1ncc(-c2ccc(C#N)cc2)c1O. The van der Waals surface area contributed by atoms with E-state index < -0.39 is 0 Å². The molecule has 85 valence electrons. The van der Waals surface area contributed by atoms with Gasteiger partial charge in [-0.15, -0.1) is 0 Å².